The van der Waals surface area contributed by atoms with Crippen LogP contribution in [-0.4, -0.2) is 28.6 Å². The Morgan fingerprint density at radius 3 is 3.00 bits per heavy atom. The summed E-state index contributed by atoms with van der Waals surface area (Å²) in [7, 11) is 0. The predicted molar refractivity (Wildman–Crippen MR) is 92.4 cm³/mol. The number of amides is 1. The van der Waals surface area contributed by atoms with Gasteiger partial charge in [-0.2, -0.15) is 0 Å². The summed E-state index contributed by atoms with van der Waals surface area (Å²) >= 11 is 0. The summed E-state index contributed by atoms with van der Waals surface area (Å²) in [4.78, 5) is 15.8. The van der Waals surface area contributed by atoms with E-state index in [0.717, 1.165) is 42.1 Å². The van der Waals surface area contributed by atoms with Crippen molar-refractivity contribution in [2.24, 2.45) is 5.41 Å². The van der Waals surface area contributed by atoms with Gasteiger partial charge >= 0.3 is 0 Å². The molecule has 0 saturated heterocycles. The van der Waals surface area contributed by atoms with E-state index in [1.807, 2.05) is 6.20 Å². The molecule has 0 bridgehead atoms. The molecule has 2 atom stereocenters. The van der Waals surface area contributed by atoms with Crippen LogP contribution in [0.3, 0.4) is 0 Å². The lowest BCUT2D eigenvalue weighted by molar-refractivity contribution is -0.122. The molecule has 0 aliphatic heterocycles. The molecular formula is C19H26N2O2. The smallest absolute Gasteiger partial charge is 0.224 e. The van der Waals surface area contributed by atoms with Crippen LogP contribution in [0.1, 0.15) is 44.2 Å². The summed E-state index contributed by atoms with van der Waals surface area (Å²) in [6, 6.07) is 6.32. The number of aromatic amines is 1. The zero-order valence-electron chi connectivity index (χ0n) is 14.0. The topological polar surface area (TPSA) is 65.1 Å². The molecule has 0 spiro atoms. The van der Waals surface area contributed by atoms with Gasteiger partial charge in [0.25, 0.3) is 0 Å². The molecule has 1 aliphatic rings. The average molecular weight is 314 g/mol. The van der Waals surface area contributed by atoms with Crippen LogP contribution in [0.5, 0.6) is 0 Å². The third-order valence-corrected chi connectivity index (χ3v) is 5.40. The van der Waals surface area contributed by atoms with E-state index in [9.17, 15) is 9.90 Å². The lowest BCUT2D eigenvalue weighted by Gasteiger charge is -2.30. The second-order valence-electron chi connectivity index (χ2n) is 7.01. The number of para-hydroxylation sites is 1. The number of nitrogens with one attached hydrogen (secondary N) is 2. The molecule has 1 fully saturated rings. The number of H-pyrrole nitrogens is 1. The number of hydrogen-bond acceptors (Lipinski definition) is 2. The molecule has 3 N–H and O–H groups in total. The van der Waals surface area contributed by atoms with Gasteiger partial charge < -0.3 is 15.4 Å². The maximum Gasteiger partial charge on any atom is 0.224 e. The third-order valence-electron chi connectivity index (χ3n) is 5.40. The molecular weight excluding hydrogens is 288 g/mol. The van der Waals surface area contributed by atoms with Crippen LogP contribution in [0.15, 0.2) is 24.4 Å². The number of fused-ring (bicyclic) bond motifs is 1. The number of hydrogen-bond donors (Lipinski definition) is 3. The summed E-state index contributed by atoms with van der Waals surface area (Å²) in [5, 5.41) is 13.9. The van der Waals surface area contributed by atoms with Gasteiger partial charge in [0.15, 0.2) is 0 Å². The van der Waals surface area contributed by atoms with E-state index in [2.05, 4.69) is 42.3 Å². The number of benzene rings is 1. The highest BCUT2D eigenvalue weighted by Gasteiger charge is 2.39. The standard InChI is InChI=1S/C19H26N2O2/c1-3-13-6-4-7-15-14(11-20-18(13)15)10-17(23)21-16-8-5-9-19(16,2)12-22/h4,6-7,11,16,20,22H,3,5,8-10,12H2,1-2H3,(H,21,23). The molecule has 1 aromatic heterocycles. The van der Waals surface area contributed by atoms with Crippen molar-refractivity contribution in [2.45, 2.75) is 52.0 Å². The van der Waals surface area contributed by atoms with Crippen molar-refractivity contribution in [3.63, 3.8) is 0 Å². The molecule has 1 aliphatic carbocycles. The van der Waals surface area contributed by atoms with E-state index >= 15 is 0 Å². The van der Waals surface area contributed by atoms with Crippen molar-refractivity contribution in [3.8, 4) is 0 Å². The van der Waals surface area contributed by atoms with Gasteiger partial charge in [0.1, 0.15) is 0 Å². The Balaban J connectivity index is 1.74. The number of aliphatic hydroxyl groups excluding tert-OH is 1. The predicted octanol–water partition coefficient (Wildman–Crippen LogP) is 2.94. The highest BCUT2D eigenvalue weighted by Crippen LogP contribution is 2.37. The highest BCUT2D eigenvalue weighted by molar-refractivity contribution is 5.90. The first-order valence-electron chi connectivity index (χ1n) is 8.55. The van der Waals surface area contributed by atoms with Gasteiger partial charge in [0, 0.05) is 28.6 Å². The summed E-state index contributed by atoms with van der Waals surface area (Å²) in [5.41, 5.74) is 3.28. The largest absolute Gasteiger partial charge is 0.396 e. The van der Waals surface area contributed by atoms with Crippen LogP contribution >= 0.6 is 0 Å². The average Bonchev–Trinajstić information content (AvgIpc) is 3.12. The van der Waals surface area contributed by atoms with Crippen LogP contribution in [0, 0.1) is 5.41 Å². The molecule has 2 unspecified atom stereocenters. The van der Waals surface area contributed by atoms with E-state index in [1.54, 1.807) is 0 Å². The number of aliphatic hydroxyl groups is 1. The molecule has 2 aromatic rings. The Labute approximate surface area is 137 Å². The quantitative estimate of drug-likeness (QED) is 0.794. The molecule has 1 saturated carbocycles. The number of carbonyl (C=O) groups excluding carboxylic acids is 1. The minimum atomic E-state index is -0.175. The summed E-state index contributed by atoms with van der Waals surface area (Å²) < 4.78 is 0. The van der Waals surface area contributed by atoms with Crippen LogP contribution in [-0.2, 0) is 17.6 Å². The maximum atomic E-state index is 12.5. The zero-order chi connectivity index (χ0) is 16.4. The molecule has 1 amide bonds. The van der Waals surface area contributed by atoms with Crippen LogP contribution in [0.25, 0.3) is 10.9 Å². The van der Waals surface area contributed by atoms with E-state index in [1.165, 1.54) is 5.56 Å². The summed E-state index contributed by atoms with van der Waals surface area (Å²) in [6.45, 7) is 4.33. The fourth-order valence-corrected chi connectivity index (χ4v) is 3.80. The first-order chi connectivity index (χ1) is 11.1. The fourth-order valence-electron chi connectivity index (χ4n) is 3.80. The molecule has 1 heterocycles. The molecule has 4 nitrogen and oxygen atoms in total. The van der Waals surface area contributed by atoms with Gasteiger partial charge in [-0.05, 0) is 30.4 Å². The van der Waals surface area contributed by atoms with Crippen molar-refractivity contribution in [1.82, 2.24) is 10.3 Å². The van der Waals surface area contributed by atoms with Crippen molar-refractivity contribution < 1.29 is 9.90 Å². The number of aryl methyl sites for hydroxylation is 1. The zero-order valence-corrected chi connectivity index (χ0v) is 14.0. The van der Waals surface area contributed by atoms with E-state index < -0.39 is 0 Å². The van der Waals surface area contributed by atoms with Gasteiger partial charge in [-0.1, -0.05) is 38.5 Å². The molecule has 0 radical (unpaired) electrons. The van der Waals surface area contributed by atoms with Crippen molar-refractivity contribution >= 4 is 16.8 Å². The van der Waals surface area contributed by atoms with Crippen molar-refractivity contribution in [3.05, 3.63) is 35.5 Å². The second-order valence-corrected chi connectivity index (χ2v) is 7.01. The monoisotopic (exact) mass is 314 g/mol. The number of aromatic nitrogens is 1. The Bertz CT molecular complexity index is 706. The lowest BCUT2D eigenvalue weighted by atomic mass is 9.85. The number of rotatable bonds is 5. The second kappa shape index (κ2) is 6.36. The van der Waals surface area contributed by atoms with Gasteiger partial charge in [-0.15, -0.1) is 0 Å². The molecule has 3 rings (SSSR count). The van der Waals surface area contributed by atoms with Crippen molar-refractivity contribution in [2.75, 3.05) is 6.61 Å². The van der Waals surface area contributed by atoms with Gasteiger partial charge in [0.2, 0.25) is 5.91 Å². The Morgan fingerprint density at radius 2 is 2.26 bits per heavy atom. The summed E-state index contributed by atoms with van der Waals surface area (Å²) in [6.07, 6.45) is 6.29. The highest BCUT2D eigenvalue weighted by atomic mass is 16.3. The lowest BCUT2D eigenvalue weighted by Crippen LogP contribution is -2.45. The summed E-state index contributed by atoms with van der Waals surface area (Å²) in [5.74, 6) is 0.0411. The first-order valence-corrected chi connectivity index (χ1v) is 8.55. The first kappa shape index (κ1) is 16.1. The minimum absolute atomic E-state index is 0.0411. The SMILES string of the molecule is CCc1cccc2c(CC(=O)NC3CCCC3(C)CO)c[nH]c12. The number of carbonyl (C=O) groups is 1. The normalized spacial score (nSPS) is 24.2. The molecule has 124 valence electrons. The third kappa shape index (κ3) is 3.00. The van der Waals surface area contributed by atoms with Crippen LogP contribution in [0.4, 0.5) is 0 Å². The van der Waals surface area contributed by atoms with Crippen LogP contribution in [0.2, 0.25) is 0 Å². The van der Waals surface area contributed by atoms with E-state index in [-0.39, 0.29) is 24.0 Å². The maximum absolute atomic E-state index is 12.5. The van der Waals surface area contributed by atoms with Gasteiger partial charge in [-0.3, -0.25) is 4.79 Å². The van der Waals surface area contributed by atoms with Crippen molar-refractivity contribution in [1.29, 1.82) is 0 Å². The molecule has 4 heteroatoms. The van der Waals surface area contributed by atoms with E-state index in [4.69, 9.17) is 0 Å². The fraction of sp³-hybridized carbons (Fsp3) is 0.526. The Hall–Kier alpha value is -1.81. The van der Waals surface area contributed by atoms with Crippen LogP contribution < -0.4 is 5.32 Å². The molecule has 1 aromatic carbocycles. The Kier molecular flexibility index (Phi) is 4.44. The Morgan fingerprint density at radius 1 is 1.43 bits per heavy atom. The van der Waals surface area contributed by atoms with Gasteiger partial charge in [-0.25, -0.2) is 0 Å². The minimum Gasteiger partial charge on any atom is -0.396 e. The van der Waals surface area contributed by atoms with Gasteiger partial charge in [0.05, 0.1) is 13.0 Å². The van der Waals surface area contributed by atoms with E-state index in [0.29, 0.717) is 6.42 Å². The molecule has 23 heavy (non-hydrogen) atoms.